The standard InChI is InChI=1S/C11H14BrNO3/c1-7-8(12)4-3-5-9(7)13-10(6-16-2)11(14)15/h3-5,10,13H,6H2,1-2H3,(H,14,15). The van der Waals surface area contributed by atoms with Gasteiger partial charge in [0, 0.05) is 17.3 Å². The molecule has 0 aliphatic heterocycles. The Kier molecular flexibility index (Phi) is 4.76. The predicted octanol–water partition coefficient (Wildman–Crippen LogP) is 2.27. The molecule has 0 radical (unpaired) electrons. The smallest absolute Gasteiger partial charge is 0.328 e. The Morgan fingerprint density at radius 2 is 2.31 bits per heavy atom. The number of carboxylic acid groups (broad SMARTS) is 1. The SMILES string of the molecule is COCC(Nc1cccc(Br)c1C)C(=O)O. The molecule has 0 heterocycles. The van der Waals surface area contributed by atoms with Crippen LogP contribution >= 0.6 is 15.9 Å². The molecular formula is C11H14BrNO3. The van der Waals surface area contributed by atoms with Gasteiger partial charge in [0.1, 0.15) is 6.04 Å². The van der Waals surface area contributed by atoms with Gasteiger partial charge in [-0.05, 0) is 24.6 Å². The lowest BCUT2D eigenvalue weighted by Gasteiger charge is -2.17. The third-order valence-corrected chi connectivity index (χ3v) is 3.09. The average Bonchev–Trinajstić information content (AvgIpc) is 2.23. The van der Waals surface area contributed by atoms with Crippen LogP contribution in [0.4, 0.5) is 5.69 Å². The zero-order valence-corrected chi connectivity index (χ0v) is 10.7. The molecule has 0 aromatic heterocycles. The van der Waals surface area contributed by atoms with E-state index in [-0.39, 0.29) is 6.61 Å². The Morgan fingerprint density at radius 3 is 2.88 bits per heavy atom. The highest BCUT2D eigenvalue weighted by Crippen LogP contribution is 2.23. The second-order valence-electron chi connectivity index (χ2n) is 3.40. The number of hydrogen-bond acceptors (Lipinski definition) is 3. The van der Waals surface area contributed by atoms with Crippen LogP contribution in [0.1, 0.15) is 5.56 Å². The van der Waals surface area contributed by atoms with Gasteiger partial charge in [-0.1, -0.05) is 22.0 Å². The van der Waals surface area contributed by atoms with Crippen molar-refractivity contribution in [3.8, 4) is 0 Å². The Labute approximate surface area is 103 Å². The van der Waals surface area contributed by atoms with Crippen LogP contribution in [-0.4, -0.2) is 30.8 Å². The first-order valence-corrected chi connectivity index (χ1v) is 5.59. The maximum absolute atomic E-state index is 10.9. The van der Waals surface area contributed by atoms with E-state index >= 15 is 0 Å². The largest absolute Gasteiger partial charge is 0.480 e. The molecule has 0 spiro atoms. The van der Waals surface area contributed by atoms with Gasteiger partial charge in [0.05, 0.1) is 6.61 Å². The molecule has 0 saturated heterocycles. The van der Waals surface area contributed by atoms with Crippen LogP contribution in [0.25, 0.3) is 0 Å². The fourth-order valence-electron chi connectivity index (χ4n) is 1.29. The van der Waals surface area contributed by atoms with Crippen molar-refractivity contribution >= 4 is 27.6 Å². The molecule has 88 valence electrons. The van der Waals surface area contributed by atoms with Crippen LogP contribution in [0, 0.1) is 6.92 Å². The van der Waals surface area contributed by atoms with Crippen molar-refractivity contribution in [1.29, 1.82) is 0 Å². The van der Waals surface area contributed by atoms with Gasteiger partial charge in [-0.15, -0.1) is 0 Å². The molecule has 1 aromatic rings. The predicted molar refractivity (Wildman–Crippen MR) is 65.8 cm³/mol. The maximum atomic E-state index is 10.9. The van der Waals surface area contributed by atoms with Gasteiger partial charge in [0.15, 0.2) is 0 Å². The van der Waals surface area contributed by atoms with E-state index in [4.69, 9.17) is 9.84 Å². The Morgan fingerprint density at radius 1 is 1.62 bits per heavy atom. The summed E-state index contributed by atoms with van der Waals surface area (Å²) in [7, 11) is 1.48. The summed E-state index contributed by atoms with van der Waals surface area (Å²) in [5.74, 6) is -0.929. The van der Waals surface area contributed by atoms with Crippen LogP contribution in [0.5, 0.6) is 0 Å². The first-order chi connectivity index (χ1) is 7.56. The molecule has 0 amide bonds. The van der Waals surface area contributed by atoms with E-state index in [9.17, 15) is 4.79 Å². The van der Waals surface area contributed by atoms with Gasteiger partial charge in [-0.3, -0.25) is 0 Å². The highest BCUT2D eigenvalue weighted by Gasteiger charge is 2.17. The number of carboxylic acids is 1. The van der Waals surface area contributed by atoms with E-state index in [1.165, 1.54) is 7.11 Å². The van der Waals surface area contributed by atoms with E-state index in [2.05, 4.69) is 21.2 Å². The molecule has 1 unspecified atom stereocenters. The summed E-state index contributed by atoms with van der Waals surface area (Å²) in [6.07, 6.45) is 0. The summed E-state index contributed by atoms with van der Waals surface area (Å²) in [4.78, 5) is 10.9. The second-order valence-corrected chi connectivity index (χ2v) is 4.26. The average molecular weight is 288 g/mol. The van der Waals surface area contributed by atoms with Gasteiger partial charge >= 0.3 is 5.97 Å². The third kappa shape index (κ3) is 3.21. The molecule has 0 fully saturated rings. The molecule has 0 bridgehead atoms. The fraction of sp³-hybridized carbons (Fsp3) is 0.364. The van der Waals surface area contributed by atoms with Crippen LogP contribution in [0.2, 0.25) is 0 Å². The lowest BCUT2D eigenvalue weighted by Crippen LogP contribution is -2.33. The number of hydrogen-bond donors (Lipinski definition) is 2. The molecular weight excluding hydrogens is 274 g/mol. The number of methoxy groups -OCH3 is 1. The number of aliphatic carboxylic acids is 1. The van der Waals surface area contributed by atoms with Gasteiger partial charge < -0.3 is 15.2 Å². The van der Waals surface area contributed by atoms with Crippen LogP contribution in [0.15, 0.2) is 22.7 Å². The summed E-state index contributed by atoms with van der Waals surface area (Å²) in [5.41, 5.74) is 1.77. The van der Waals surface area contributed by atoms with E-state index in [1.54, 1.807) is 0 Å². The van der Waals surface area contributed by atoms with Gasteiger partial charge in [-0.2, -0.15) is 0 Å². The van der Waals surface area contributed by atoms with Crippen LogP contribution in [-0.2, 0) is 9.53 Å². The summed E-state index contributed by atoms with van der Waals surface area (Å²) in [6, 6.07) is 4.86. The molecule has 0 saturated carbocycles. The molecule has 16 heavy (non-hydrogen) atoms. The summed E-state index contributed by atoms with van der Waals surface area (Å²) in [6.45, 7) is 2.04. The van der Waals surface area contributed by atoms with E-state index in [0.29, 0.717) is 0 Å². The van der Waals surface area contributed by atoms with Crippen molar-refractivity contribution < 1.29 is 14.6 Å². The second kappa shape index (κ2) is 5.86. The summed E-state index contributed by atoms with van der Waals surface area (Å²) >= 11 is 3.39. The van der Waals surface area contributed by atoms with E-state index in [1.807, 2.05) is 25.1 Å². The van der Waals surface area contributed by atoms with Crippen LogP contribution in [0.3, 0.4) is 0 Å². The highest BCUT2D eigenvalue weighted by atomic mass is 79.9. The Balaban J connectivity index is 2.85. The van der Waals surface area contributed by atoms with Gasteiger partial charge in [0.25, 0.3) is 0 Å². The zero-order chi connectivity index (χ0) is 12.1. The number of halogens is 1. The molecule has 1 atom stereocenters. The van der Waals surface area contributed by atoms with Gasteiger partial charge in [0.2, 0.25) is 0 Å². The lowest BCUT2D eigenvalue weighted by molar-refractivity contribution is -0.139. The van der Waals surface area contributed by atoms with Crippen LogP contribution < -0.4 is 5.32 Å². The minimum atomic E-state index is -0.929. The molecule has 0 aliphatic rings. The number of nitrogens with one attached hydrogen (secondary N) is 1. The monoisotopic (exact) mass is 287 g/mol. The van der Waals surface area contributed by atoms with Crippen molar-refractivity contribution in [3.63, 3.8) is 0 Å². The zero-order valence-electron chi connectivity index (χ0n) is 9.16. The number of carbonyl (C=O) groups is 1. The lowest BCUT2D eigenvalue weighted by atomic mass is 10.2. The molecule has 5 heteroatoms. The van der Waals surface area contributed by atoms with Crippen molar-refractivity contribution in [2.45, 2.75) is 13.0 Å². The van der Waals surface area contributed by atoms with Crippen molar-refractivity contribution in [2.24, 2.45) is 0 Å². The third-order valence-electron chi connectivity index (χ3n) is 2.23. The first kappa shape index (κ1) is 13.0. The topological polar surface area (TPSA) is 58.6 Å². The minimum absolute atomic E-state index is 0.126. The van der Waals surface area contributed by atoms with Crippen molar-refractivity contribution in [2.75, 3.05) is 19.0 Å². The van der Waals surface area contributed by atoms with E-state index in [0.717, 1.165) is 15.7 Å². The van der Waals surface area contributed by atoms with Crippen molar-refractivity contribution in [3.05, 3.63) is 28.2 Å². The number of benzene rings is 1. The Bertz CT molecular complexity index is 381. The molecule has 2 N–H and O–H groups in total. The minimum Gasteiger partial charge on any atom is -0.480 e. The number of ether oxygens (including phenoxy) is 1. The Hall–Kier alpha value is -1.07. The molecule has 1 rings (SSSR count). The summed E-state index contributed by atoms with van der Waals surface area (Å²) < 4.78 is 5.80. The molecule has 0 aliphatic carbocycles. The maximum Gasteiger partial charge on any atom is 0.328 e. The number of anilines is 1. The van der Waals surface area contributed by atoms with Gasteiger partial charge in [-0.25, -0.2) is 4.79 Å². The molecule has 1 aromatic carbocycles. The van der Waals surface area contributed by atoms with E-state index < -0.39 is 12.0 Å². The normalized spacial score (nSPS) is 12.2. The quantitative estimate of drug-likeness (QED) is 0.872. The van der Waals surface area contributed by atoms with Crippen molar-refractivity contribution in [1.82, 2.24) is 0 Å². The highest BCUT2D eigenvalue weighted by molar-refractivity contribution is 9.10. The number of rotatable bonds is 5. The first-order valence-electron chi connectivity index (χ1n) is 4.79. The fourth-order valence-corrected chi connectivity index (χ4v) is 1.66. The molecule has 4 nitrogen and oxygen atoms in total. The summed E-state index contributed by atoms with van der Waals surface area (Å²) in [5, 5.41) is 11.9.